The number of amides is 1. The highest BCUT2D eigenvalue weighted by Gasteiger charge is 2.42. The molecule has 0 aliphatic carbocycles. The zero-order valence-corrected chi connectivity index (χ0v) is 16.0. The van der Waals surface area contributed by atoms with Gasteiger partial charge >= 0.3 is 12.3 Å². The highest BCUT2D eigenvalue weighted by molar-refractivity contribution is 5.66. The van der Waals surface area contributed by atoms with Crippen molar-refractivity contribution in [3.05, 3.63) is 71.3 Å². The summed E-state index contributed by atoms with van der Waals surface area (Å²) in [7, 11) is 0. The van der Waals surface area contributed by atoms with Gasteiger partial charge in [-0.05, 0) is 29.2 Å². The minimum absolute atomic E-state index is 0.497. The second kappa shape index (κ2) is 7.71. The third-order valence-electron chi connectivity index (χ3n) is 6.09. The number of hydrogen-bond donors (Lipinski definition) is 1. The Kier molecular flexibility index (Phi) is 5.25. The average molecular weight is 405 g/mol. The Balaban J connectivity index is 1.54. The summed E-state index contributed by atoms with van der Waals surface area (Å²) in [6.07, 6.45) is -2.43. The molecule has 4 nitrogen and oxygen atoms in total. The Morgan fingerprint density at radius 1 is 0.931 bits per heavy atom. The highest BCUT2D eigenvalue weighted by atomic mass is 19.4. The molecule has 2 aromatic carbocycles. The van der Waals surface area contributed by atoms with Gasteiger partial charge in [-0.15, -0.1) is 0 Å². The first-order chi connectivity index (χ1) is 13.8. The molecule has 2 bridgehead atoms. The topological polar surface area (TPSA) is 38.3 Å². The van der Waals surface area contributed by atoms with Crippen LogP contribution >= 0.6 is 0 Å². The van der Waals surface area contributed by atoms with E-state index in [0.29, 0.717) is 15.7 Å². The van der Waals surface area contributed by atoms with E-state index in [1.165, 1.54) is 12.1 Å². The Morgan fingerprint density at radius 2 is 1.48 bits per heavy atom. The lowest BCUT2D eigenvalue weighted by atomic mass is 9.87. The SMILES string of the molecule is O=C(N[N+]12CCC(CC1)CC2)OC(c1ccccc1)c1ccc(C(F)(F)F)cc1. The number of carbonyl (C=O) groups excluding carboxylic acids is 1. The van der Waals surface area contributed by atoms with E-state index < -0.39 is 23.9 Å². The molecule has 3 aliphatic heterocycles. The second-order valence-corrected chi connectivity index (χ2v) is 7.98. The van der Waals surface area contributed by atoms with E-state index in [1.807, 2.05) is 18.2 Å². The predicted molar refractivity (Wildman–Crippen MR) is 102 cm³/mol. The van der Waals surface area contributed by atoms with Crippen molar-refractivity contribution in [2.45, 2.75) is 31.5 Å². The molecule has 0 aromatic heterocycles. The molecule has 3 saturated heterocycles. The summed E-state index contributed by atoms with van der Waals surface area (Å²) in [6.45, 7) is 2.70. The van der Waals surface area contributed by atoms with Crippen LogP contribution in [0.15, 0.2) is 54.6 Å². The standard InChI is InChI=1S/C22H23F3N2O2/c23-22(24,25)19-8-6-18(7-9-19)20(17-4-2-1-3-5-17)29-21(28)26-27-13-10-16(11-14-27)12-15-27/h1-9,16,20H,10-15H2/p+1. The second-order valence-electron chi connectivity index (χ2n) is 7.98. The monoisotopic (exact) mass is 405 g/mol. The van der Waals surface area contributed by atoms with Gasteiger partial charge in [0, 0.05) is 19.3 Å². The van der Waals surface area contributed by atoms with Crippen molar-refractivity contribution >= 4 is 6.09 Å². The van der Waals surface area contributed by atoms with Gasteiger partial charge in [0.2, 0.25) is 0 Å². The van der Waals surface area contributed by atoms with Crippen LogP contribution in [0, 0.1) is 5.92 Å². The molecule has 1 amide bonds. The number of nitrogens with zero attached hydrogens (tertiary/aromatic N) is 1. The number of alkyl halides is 3. The van der Waals surface area contributed by atoms with Crippen LogP contribution in [0.4, 0.5) is 18.0 Å². The number of hydrogen-bond acceptors (Lipinski definition) is 2. The predicted octanol–water partition coefficient (Wildman–Crippen LogP) is 5.07. The number of quaternary nitrogens is 1. The third kappa shape index (κ3) is 4.40. The summed E-state index contributed by atoms with van der Waals surface area (Å²) < 4.78 is 45.0. The zero-order chi connectivity index (χ0) is 20.5. The van der Waals surface area contributed by atoms with Crippen LogP contribution in [0.3, 0.4) is 0 Å². The number of benzene rings is 2. The molecule has 7 heteroatoms. The van der Waals surface area contributed by atoms with Gasteiger partial charge in [0.25, 0.3) is 0 Å². The van der Waals surface area contributed by atoms with Crippen molar-refractivity contribution in [2.24, 2.45) is 5.92 Å². The lowest BCUT2D eigenvalue weighted by Crippen LogP contribution is -2.66. The van der Waals surface area contributed by atoms with E-state index in [9.17, 15) is 18.0 Å². The van der Waals surface area contributed by atoms with Gasteiger partial charge in [0.15, 0.2) is 6.10 Å². The molecule has 0 saturated carbocycles. The molecular formula is C22H24F3N2O2+. The maximum Gasteiger partial charge on any atom is 0.452 e. The van der Waals surface area contributed by atoms with Crippen molar-refractivity contribution in [3.63, 3.8) is 0 Å². The van der Waals surface area contributed by atoms with Gasteiger partial charge in [-0.1, -0.05) is 42.5 Å². The number of rotatable bonds is 4. The smallest absolute Gasteiger partial charge is 0.433 e. The van der Waals surface area contributed by atoms with E-state index in [4.69, 9.17) is 4.74 Å². The first-order valence-corrected chi connectivity index (χ1v) is 9.92. The average Bonchev–Trinajstić information content (AvgIpc) is 2.73. The van der Waals surface area contributed by atoms with Crippen molar-refractivity contribution in [1.82, 2.24) is 5.43 Å². The Labute approximate surface area is 167 Å². The first kappa shape index (κ1) is 19.8. The van der Waals surface area contributed by atoms with Gasteiger partial charge in [0.05, 0.1) is 5.56 Å². The maximum absolute atomic E-state index is 12.9. The molecule has 5 rings (SSSR count). The Hall–Kier alpha value is -2.54. The molecule has 0 radical (unpaired) electrons. The molecule has 1 atom stereocenters. The fourth-order valence-corrected chi connectivity index (χ4v) is 4.36. The summed E-state index contributed by atoms with van der Waals surface area (Å²) in [4.78, 5) is 12.7. The number of fused-ring (bicyclic) bond motifs is 3. The molecule has 29 heavy (non-hydrogen) atoms. The van der Waals surface area contributed by atoms with Crippen LogP contribution in [0.5, 0.6) is 0 Å². The largest absolute Gasteiger partial charge is 0.452 e. The summed E-state index contributed by atoms with van der Waals surface area (Å²) in [5.74, 6) is 0.761. The minimum Gasteiger partial charge on any atom is -0.433 e. The van der Waals surface area contributed by atoms with Crippen LogP contribution in [0.1, 0.15) is 42.1 Å². The summed E-state index contributed by atoms with van der Waals surface area (Å²) in [5.41, 5.74) is 3.50. The molecule has 3 aliphatic rings. The minimum atomic E-state index is -4.41. The van der Waals surface area contributed by atoms with Crippen LogP contribution in [-0.4, -0.2) is 30.3 Å². The van der Waals surface area contributed by atoms with E-state index in [-0.39, 0.29) is 0 Å². The summed E-state index contributed by atoms with van der Waals surface area (Å²) >= 11 is 0. The first-order valence-electron chi connectivity index (χ1n) is 9.92. The normalized spacial score (nSPS) is 24.7. The lowest BCUT2D eigenvalue weighted by molar-refractivity contribution is -0.975. The number of halogens is 3. The molecule has 2 aromatic rings. The van der Waals surface area contributed by atoms with E-state index >= 15 is 0 Å². The van der Waals surface area contributed by atoms with Gasteiger partial charge in [-0.25, -0.2) is 9.39 Å². The van der Waals surface area contributed by atoms with Gasteiger partial charge in [0.1, 0.15) is 19.6 Å². The zero-order valence-electron chi connectivity index (χ0n) is 16.0. The van der Waals surface area contributed by atoms with E-state index in [2.05, 4.69) is 5.43 Å². The molecule has 0 spiro atoms. The molecule has 1 N–H and O–H groups in total. The third-order valence-corrected chi connectivity index (χ3v) is 6.09. The van der Waals surface area contributed by atoms with Crippen molar-refractivity contribution in [2.75, 3.05) is 19.6 Å². The number of piperidine rings is 3. The number of nitrogens with one attached hydrogen (secondary N) is 1. The van der Waals surface area contributed by atoms with E-state index in [1.54, 1.807) is 12.1 Å². The van der Waals surface area contributed by atoms with Crippen molar-refractivity contribution in [1.29, 1.82) is 0 Å². The van der Waals surface area contributed by atoms with Crippen LogP contribution in [-0.2, 0) is 10.9 Å². The lowest BCUT2D eigenvalue weighted by Gasteiger charge is -2.47. The number of ether oxygens (including phenoxy) is 1. The quantitative estimate of drug-likeness (QED) is 0.722. The van der Waals surface area contributed by atoms with Gasteiger partial charge in [-0.2, -0.15) is 18.6 Å². The van der Waals surface area contributed by atoms with Gasteiger partial charge in [-0.3, -0.25) is 0 Å². The maximum atomic E-state index is 12.9. The van der Waals surface area contributed by atoms with Crippen molar-refractivity contribution < 1.29 is 27.3 Å². The Morgan fingerprint density at radius 3 is 2.03 bits per heavy atom. The van der Waals surface area contributed by atoms with E-state index in [0.717, 1.165) is 56.9 Å². The summed E-state index contributed by atoms with van der Waals surface area (Å²) in [5, 5.41) is 0. The molecule has 3 heterocycles. The fraction of sp³-hybridized carbons (Fsp3) is 0.409. The summed E-state index contributed by atoms with van der Waals surface area (Å²) in [6, 6.07) is 13.8. The van der Waals surface area contributed by atoms with Crippen LogP contribution < -0.4 is 5.43 Å². The molecule has 1 unspecified atom stereocenters. The molecule has 154 valence electrons. The van der Waals surface area contributed by atoms with Crippen LogP contribution in [0.25, 0.3) is 0 Å². The van der Waals surface area contributed by atoms with Crippen LogP contribution in [0.2, 0.25) is 0 Å². The molecule has 3 fully saturated rings. The van der Waals surface area contributed by atoms with Crippen molar-refractivity contribution in [3.8, 4) is 0 Å². The highest BCUT2D eigenvalue weighted by Crippen LogP contribution is 2.34. The molecular weight excluding hydrogens is 381 g/mol. The van der Waals surface area contributed by atoms with Gasteiger partial charge < -0.3 is 4.74 Å². The number of carbonyl (C=O) groups is 1. The Bertz CT molecular complexity index is 831. The fourth-order valence-electron chi connectivity index (χ4n) is 4.36.